The summed E-state index contributed by atoms with van der Waals surface area (Å²) < 4.78 is 5.62. The number of hydrogen-bond acceptors (Lipinski definition) is 2. The normalized spacial score (nSPS) is 10.8. The van der Waals surface area contributed by atoms with E-state index in [4.69, 9.17) is 16.3 Å². The van der Waals surface area contributed by atoms with Gasteiger partial charge in [-0.15, -0.1) is 0 Å². The minimum atomic E-state index is -1.23. The van der Waals surface area contributed by atoms with Crippen molar-refractivity contribution in [3.05, 3.63) is 28.8 Å². The molecule has 1 rings (SSSR count). The molecule has 1 radical (unpaired) electrons. The van der Waals surface area contributed by atoms with E-state index in [0.717, 1.165) is 12.8 Å². The summed E-state index contributed by atoms with van der Waals surface area (Å²) in [6, 6.07) is 4.42. The third kappa shape index (κ3) is 10.4. The van der Waals surface area contributed by atoms with Gasteiger partial charge in [0.05, 0.1) is 17.2 Å². The summed E-state index contributed by atoms with van der Waals surface area (Å²) in [6.07, 6.45) is 15.7. The molecule has 0 aliphatic carbocycles. The molecule has 0 atom stereocenters. The summed E-state index contributed by atoms with van der Waals surface area (Å²) in [6.45, 7) is 2.87. The van der Waals surface area contributed by atoms with Crippen LogP contribution in [0.5, 0.6) is 5.75 Å². The van der Waals surface area contributed by atoms with E-state index in [-0.39, 0.29) is 5.56 Å². The number of carbonyl (C=O) groups is 1. The predicted molar refractivity (Wildman–Crippen MR) is 103 cm³/mol. The van der Waals surface area contributed by atoms with Crippen molar-refractivity contribution in [2.24, 2.45) is 0 Å². The molecular formula is C21H32ClO3. The van der Waals surface area contributed by atoms with Gasteiger partial charge in [-0.3, -0.25) is 0 Å². The van der Waals surface area contributed by atoms with Crippen LogP contribution >= 0.6 is 11.6 Å². The molecule has 0 spiro atoms. The molecule has 0 heterocycles. The van der Waals surface area contributed by atoms with E-state index >= 15 is 0 Å². The minimum absolute atomic E-state index is 0.0720. The van der Waals surface area contributed by atoms with Crippen LogP contribution in [0.4, 0.5) is 0 Å². The second kappa shape index (κ2) is 14.0. The van der Waals surface area contributed by atoms with Crippen LogP contribution in [0.15, 0.2) is 18.2 Å². The smallest absolute Gasteiger partial charge is 0.386 e. The molecule has 0 N–H and O–H groups in total. The van der Waals surface area contributed by atoms with Gasteiger partial charge in [0.15, 0.2) is 0 Å². The zero-order chi connectivity index (χ0) is 18.3. The van der Waals surface area contributed by atoms with Crippen LogP contribution in [-0.4, -0.2) is 12.6 Å². The van der Waals surface area contributed by atoms with Crippen LogP contribution in [0.25, 0.3) is 0 Å². The van der Waals surface area contributed by atoms with Crippen LogP contribution in [0.2, 0.25) is 5.02 Å². The largest absolute Gasteiger partial charge is 0.492 e. The summed E-state index contributed by atoms with van der Waals surface area (Å²) in [4.78, 5) is 10.7. The Morgan fingerprint density at radius 3 is 1.88 bits per heavy atom. The van der Waals surface area contributed by atoms with E-state index in [2.05, 4.69) is 6.92 Å². The third-order valence-corrected chi connectivity index (χ3v) is 4.72. The zero-order valence-electron chi connectivity index (χ0n) is 15.5. The Balaban J connectivity index is 1.96. The summed E-state index contributed by atoms with van der Waals surface area (Å²) in [5, 5.41) is 11.1. The summed E-state index contributed by atoms with van der Waals surface area (Å²) >= 11 is 6.01. The molecule has 0 amide bonds. The van der Waals surface area contributed by atoms with Crippen molar-refractivity contribution in [1.29, 1.82) is 0 Å². The second-order valence-corrected chi connectivity index (χ2v) is 7.08. The van der Waals surface area contributed by atoms with Crippen molar-refractivity contribution in [3.63, 3.8) is 0 Å². The van der Waals surface area contributed by atoms with Gasteiger partial charge < -0.3 is 4.74 Å². The van der Waals surface area contributed by atoms with Crippen LogP contribution in [0.3, 0.4) is 0 Å². The predicted octanol–water partition coefficient (Wildman–Crippen LogP) is 6.99. The molecule has 0 aromatic heterocycles. The van der Waals surface area contributed by atoms with Gasteiger partial charge in [0.25, 0.3) is 0 Å². The average Bonchev–Trinajstić information content (AvgIpc) is 2.60. The van der Waals surface area contributed by atoms with Crippen LogP contribution < -0.4 is 4.74 Å². The van der Waals surface area contributed by atoms with E-state index in [1.54, 1.807) is 6.07 Å². The van der Waals surface area contributed by atoms with E-state index in [1.807, 2.05) is 0 Å². The maximum atomic E-state index is 10.7. The highest BCUT2D eigenvalue weighted by molar-refractivity contribution is 6.32. The maximum absolute atomic E-state index is 10.7. The van der Waals surface area contributed by atoms with Crippen LogP contribution in [0.1, 0.15) is 94.3 Å². The first-order chi connectivity index (χ1) is 12.1. The highest BCUT2D eigenvalue weighted by atomic mass is 35.5. The highest BCUT2D eigenvalue weighted by Crippen LogP contribution is 2.25. The topological polar surface area (TPSA) is 46.2 Å². The molecule has 1 aromatic rings. The lowest BCUT2D eigenvalue weighted by Gasteiger charge is -2.08. The molecule has 141 valence electrons. The monoisotopic (exact) mass is 367 g/mol. The fourth-order valence-electron chi connectivity index (χ4n) is 2.87. The van der Waals surface area contributed by atoms with Crippen LogP contribution in [-0.2, 0) is 5.11 Å². The Bertz CT molecular complexity index is 488. The lowest BCUT2D eigenvalue weighted by atomic mass is 10.1. The van der Waals surface area contributed by atoms with Crippen molar-refractivity contribution in [2.45, 2.75) is 84.0 Å². The molecule has 0 aliphatic heterocycles. The molecule has 25 heavy (non-hydrogen) atoms. The Morgan fingerprint density at radius 1 is 0.880 bits per heavy atom. The number of ether oxygens (including phenoxy) is 1. The lowest BCUT2D eigenvalue weighted by Crippen LogP contribution is -2.00. The summed E-state index contributed by atoms with van der Waals surface area (Å²) in [5.41, 5.74) is 0.0720. The molecule has 0 unspecified atom stereocenters. The van der Waals surface area contributed by atoms with Gasteiger partial charge in [-0.1, -0.05) is 89.2 Å². The van der Waals surface area contributed by atoms with E-state index in [1.165, 1.54) is 76.3 Å². The fraction of sp³-hybridized carbons (Fsp3) is 0.667. The first-order valence-electron chi connectivity index (χ1n) is 9.79. The first kappa shape index (κ1) is 21.8. The van der Waals surface area contributed by atoms with E-state index in [0.29, 0.717) is 17.4 Å². The van der Waals surface area contributed by atoms with Gasteiger partial charge in [-0.2, -0.15) is 0 Å². The zero-order valence-corrected chi connectivity index (χ0v) is 16.3. The Kier molecular flexibility index (Phi) is 12.2. The van der Waals surface area contributed by atoms with Gasteiger partial charge in [-0.25, -0.2) is 9.90 Å². The number of halogens is 1. The standard InChI is InChI=1S/C21H32ClO3/c1-2-3-4-5-6-7-8-9-10-11-12-13-16-25-20-15-14-18(21(23)24)17-19(20)22/h14-15,17H,2-13,16H2,1H3. The van der Waals surface area contributed by atoms with Crippen molar-refractivity contribution in [1.82, 2.24) is 0 Å². The molecule has 3 nitrogen and oxygen atoms in total. The molecule has 4 heteroatoms. The Labute approximate surface area is 157 Å². The average molecular weight is 368 g/mol. The summed E-state index contributed by atoms with van der Waals surface area (Å²) in [5.74, 6) is -0.691. The number of benzene rings is 1. The van der Waals surface area contributed by atoms with Gasteiger partial charge in [0.2, 0.25) is 0 Å². The maximum Gasteiger partial charge on any atom is 0.386 e. The molecular weight excluding hydrogens is 336 g/mol. The Morgan fingerprint density at radius 2 is 1.40 bits per heavy atom. The fourth-order valence-corrected chi connectivity index (χ4v) is 3.11. The molecule has 0 fully saturated rings. The number of hydrogen-bond donors (Lipinski definition) is 0. The van der Waals surface area contributed by atoms with E-state index in [9.17, 15) is 9.90 Å². The number of rotatable bonds is 15. The van der Waals surface area contributed by atoms with Crippen molar-refractivity contribution in [3.8, 4) is 5.75 Å². The number of unbranched alkanes of at least 4 members (excludes halogenated alkanes) is 11. The molecule has 0 saturated carbocycles. The second-order valence-electron chi connectivity index (χ2n) is 6.67. The molecule has 1 aromatic carbocycles. The van der Waals surface area contributed by atoms with Crippen molar-refractivity contribution >= 4 is 17.6 Å². The summed E-state index contributed by atoms with van der Waals surface area (Å²) in [7, 11) is 0. The van der Waals surface area contributed by atoms with Gasteiger partial charge >= 0.3 is 5.97 Å². The Hall–Kier alpha value is -1.22. The van der Waals surface area contributed by atoms with E-state index < -0.39 is 5.97 Å². The lowest BCUT2D eigenvalue weighted by molar-refractivity contribution is 0.0573. The van der Waals surface area contributed by atoms with Gasteiger partial charge in [-0.05, 0) is 24.6 Å². The van der Waals surface area contributed by atoms with Gasteiger partial charge in [0.1, 0.15) is 5.75 Å². The molecule has 0 bridgehead atoms. The molecule has 0 saturated heterocycles. The third-order valence-electron chi connectivity index (χ3n) is 4.42. The van der Waals surface area contributed by atoms with Crippen LogP contribution in [0, 0.1) is 0 Å². The quantitative estimate of drug-likeness (QED) is 0.313. The van der Waals surface area contributed by atoms with Crippen molar-refractivity contribution < 1.29 is 14.6 Å². The van der Waals surface area contributed by atoms with Gasteiger partial charge in [0, 0.05) is 0 Å². The first-order valence-corrected chi connectivity index (χ1v) is 10.2. The van der Waals surface area contributed by atoms with Crippen molar-refractivity contribution in [2.75, 3.05) is 6.61 Å². The highest BCUT2D eigenvalue weighted by Gasteiger charge is 2.09. The molecule has 0 aliphatic rings. The SMILES string of the molecule is CCCCCCCCCCCCCCOc1ccc(C([O])=O)cc1Cl. The number of carbonyl (C=O) groups excluding carboxylic acids is 1. The minimum Gasteiger partial charge on any atom is -0.492 e.